The highest BCUT2D eigenvalue weighted by Gasteiger charge is 2.57. The van der Waals surface area contributed by atoms with Crippen molar-refractivity contribution in [3.05, 3.63) is 35.4 Å². The molecule has 3 aliphatic rings. The largest absolute Gasteiger partial charge is 0.391 e. The second-order valence-corrected chi connectivity index (χ2v) is 7.21. The Balaban J connectivity index is 1.25. The van der Waals surface area contributed by atoms with Gasteiger partial charge in [0.25, 0.3) is 0 Å². The molecule has 4 rings (SSSR count). The minimum atomic E-state index is -0.375. The molecule has 22 heavy (non-hydrogen) atoms. The van der Waals surface area contributed by atoms with Gasteiger partial charge in [-0.3, -0.25) is 0 Å². The molecule has 3 aliphatic carbocycles. The molecule has 0 saturated heterocycles. The quantitative estimate of drug-likeness (QED) is 0.778. The zero-order valence-electron chi connectivity index (χ0n) is 12.8. The average Bonchev–Trinajstić information content (AvgIpc) is 3.42. The van der Waals surface area contributed by atoms with Crippen LogP contribution in [0.1, 0.15) is 36.8 Å². The van der Waals surface area contributed by atoms with Crippen LogP contribution in [-0.2, 0) is 11.8 Å². The molecule has 2 amide bonds. The fourth-order valence-electron chi connectivity index (χ4n) is 4.12. The van der Waals surface area contributed by atoms with E-state index in [4.69, 9.17) is 0 Å². The molecule has 4 heteroatoms. The van der Waals surface area contributed by atoms with Gasteiger partial charge in [-0.05, 0) is 55.1 Å². The first-order valence-electron chi connectivity index (χ1n) is 8.47. The van der Waals surface area contributed by atoms with E-state index in [1.165, 1.54) is 30.4 Å². The van der Waals surface area contributed by atoms with Gasteiger partial charge >= 0.3 is 6.03 Å². The Hall–Kier alpha value is -1.55. The summed E-state index contributed by atoms with van der Waals surface area (Å²) in [6.45, 7) is 1.11. The second kappa shape index (κ2) is 5.27. The van der Waals surface area contributed by atoms with Crippen molar-refractivity contribution >= 4 is 6.03 Å². The van der Waals surface area contributed by atoms with E-state index >= 15 is 0 Å². The van der Waals surface area contributed by atoms with Gasteiger partial charge < -0.3 is 15.7 Å². The zero-order valence-corrected chi connectivity index (χ0v) is 12.8. The van der Waals surface area contributed by atoms with Gasteiger partial charge in [0.05, 0.1) is 6.10 Å². The Morgan fingerprint density at radius 2 is 2.14 bits per heavy atom. The van der Waals surface area contributed by atoms with Crippen molar-refractivity contribution in [2.45, 2.75) is 43.6 Å². The molecule has 2 saturated carbocycles. The second-order valence-electron chi connectivity index (χ2n) is 7.21. The van der Waals surface area contributed by atoms with Crippen molar-refractivity contribution in [2.24, 2.45) is 11.8 Å². The summed E-state index contributed by atoms with van der Waals surface area (Å²) in [5.41, 5.74) is 3.32. The third-order valence-electron chi connectivity index (χ3n) is 5.77. The van der Waals surface area contributed by atoms with Crippen LogP contribution < -0.4 is 10.6 Å². The van der Waals surface area contributed by atoms with E-state index in [1.807, 2.05) is 0 Å². The van der Waals surface area contributed by atoms with Crippen molar-refractivity contribution in [1.82, 2.24) is 10.6 Å². The molecule has 118 valence electrons. The molecular weight excluding hydrogens is 276 g/mol. The standard InChI is InChI=1S/C18H24N2O2/c21-16(13-5-6-13)11-20-17(22)19-10-14-9-18(14)8-7-12-3-1-2-4-15(12)18/h1-4,13-14,16,21H,5-11H2,(H2,19,20,22)/t14-,16+,18+/m1/s1. The van der Waals surface area contributed by atoms with Crippen molar-refractivity contribution < 1.29 is 9.90 Å². The van der Waals surface area contributed by atoms with Crippen LogP contribution in [-0.4, -0.2) is 30.3 Å². The normalized spacial score (nSPS) is 30.0. The highest BCUT2D eigenvalue weighted by molar-refractivity contribution is 5.74. The summed E-state index contributed by atoms with van der Waals surface area (Å²) in [5.74, 6) is 0.970. The van der Waals surface area contributed by atoms with Crippen LogP contribution in [0.25, 0.3) is 0 Å². The number of hydrogen-bond donors (Lipinski definition) is 3. The Kier molecular flexibility index (Phi) is 3.37. The van der Waals surface area contributed by atoms with E-state index in [-0.39, 0.29) is 12.1 Å². The first-order chi connectivity index (χ1) is 10.7. The maximum absolute atomic E-state index is 11.8. The monoisotopic (exact) mass is 300 g/mol. The number of carbonyl (C=O) groups is 1. The molecule has 1 aromatic rings. The number of nitrogens with one attached hydrogen (secondary N) is 2. The number of fused-ring (bicyclic) bond motifs is 2. The number of urea groups is 1. The summed E-state index contributed by atoms with van der Waals surface area (Å²) in [5, 5.41) is 15.5. The Morgan fingerprint density at radius 3 is 2.95 bits per heavy atom. The number of aliphatic hydroxyl groups excluding tert-OH is 1. The Bertz CT molecular complexity index is 584. The summed E-state index contributed by atoms with van der Waals surface area (Å²) in [6.07, 6.45) is 5.39. The molecule has 1 spiro atoms. The lowest BCUT2D eigenvalue weighted by Crippen LogP contribution is -2.41. The van der Waals surface area contributed by atoms with Gasteiger partial charge in [0.2, 0.25) is 0 Å². The lowest BCUT2D eigenvalue weighted by molar-refractivity contribution is 0.149. The molecule has 4 nitrogen and oxygen atoms in total. The maximum Gasteiger partial charge on any atom is 0.314 e. The third kappa shape index (κ3) is 2.50. The van der Waals surface area contributed by atoms with Crippen LogP contribution in [0.4, 0.5) is 4.79 Å². The SMILES string of the molecule is O=C(NC[C@H]1C[C@@]12CCc1ccccc12)NC[C@H](O)C1CC1. The average molecular weight is 300 g/mol. The van der Waals surface area contributed by atoms with Gasteiger partial charge in [-0.1, -0.05) is 24.3 Å². The lowest BCUT2D eigenvalue weighted by atomic mass is 9.95. The summed E-state index contributed by atoms with van der Waals surface area (Å²) >= 11 is 0. The third-order valence-corrected chi connectivity index (χ3v) is 5.77. The number of amides is 2. The van der Waals surface area contributed by atoms with Crippen LogP contribution in [0.2, 0.25) is 0 Å². The topological polar surface area (TPSA) is 61.4 Å². The number of carbonyl (C=O) groups excluding carboxylic acids is 1. The summed E-state index contributed by atoms with van der Waals surface area (Å²) < 4.78 is 0. The van der Waals surface area contributed by atoms with E-state index in [0.717, 1.165) is 19.4 Å². The van der Waals surface area contributed by atoms with E-state index in [9.17, 15) is 9.90 Å². The number of benzene rings is 1. The highest BCUT2D eigenvalue weighted by Crippen LogP contribution is 2.61. The number of rotatable bonds is 5. The van der Waals surface area contributed by atoms with Crippen LogP contribution in [0.5, 0.6) is 0 Å². The molecule has 3 atom stereocenters. The van der Waals surface area contributed by atoms with Gasteiger partial charge in [0.1, 0.15) is 0 Å². The van der Waals surface area contributed by atoms with E-state index in [1.54, 1.807) is 0 Å². The minimum absolute atomic E-state index is 0.145. The van der Waals surface area contributed by atoms with Gasteiger partial charge in [-0.15, -0.1) is 0 Å². The smallest absolute Gasteiger partial charge is 0.314 e. The first kappa shape index (κ1) is 14.1. The van der Waals surface area contributed by atoms with Crippen LogP contribution in [0, 0.1) is 11.8 Å². The van der Waals surface area contributed by atoms with Crippen LogP contribution in [0.3, 0.4) is 0 Å². The van der Waals surface area contributed by atoms with Crippen molar-refractivity contribution in [1.29, 1.82) is 0 Å². The van der Waals surface area contributed by atoms with Crippen molar-refractivity contribution in [3.63, 3.8) is 0 Å². The number of aryl methyl sites for hydroxylation is 1. The van der Waals surface area contributed by atoms with Gasteiger partial charge in [-0.25, -0.2) is 4.79 Å². The van der Waals surface area contributed by atoms with Gasteiger partial charge in [-0.2, -0.15) is 0 Å². The summed E-state index contributed by atoms with van der Waals surface area (Å²) in [7, 11) is 0. The van der Waals surface area contributed by atoms with E-state index in [0.29, 0.717) is 23.8 Å². The molecule has 3 N–H and O–H groups in total. The molecule has 0 aromatic heterocycles. The molecule has 2 fully saturated rings. The fraction of sp³-hybridized carbons (Fsp3) is 0.611. The number of hydrogen-bond acceptors (Lipinski definition) is 2. The maximum atomic E-state index is 11.8. The molecular formula is C18H24N2O2. The molecule has 0 unspecified atom stereocenters. The van der Waals surface area contributed by atoms with Gasteiger partial charge in [0.15, 0.2) is 0 Å². The first-order valence-corrected chi connectivity index (χ1v) is 8.47. The predicted molar refractivity (Wildman–Crippen MR) is 84.7 cm³/mol. The van der Waals surface area contributed by atoms with Crippen molar-refractivity contribution in [3.8, 4) is 0 Å². The minimum Gasteiger partial charge on any atom is -0.391 e. The predicted octanol–water partition coefficient (Wildman–Crippen LogP) is 1.96. The van der Waals surface area contributed by atoms with E-state index in [2.05, 4.69) is 34.9 Å². The molecule has 0 radical (unpaired) electrons. The number of aliphatic hydroxyl groups is 1. The summed E-state index contributed by atoms with van der Waals surface area (Å²) in [6, 6.07) is 8.59. The molecule has 1 aromatic carbocycles. The van der Waals surface area contributed by atoms with Crippen LogP contribution in [0.15, 0.2) is 24.3 Å². The van der Waals surface area contributed by atoms with E-state index < -0.39 is 0 Å². The zero-order chi connectivity index (χ0) is 15.2. The fourth-order valence-corrected chi connectivity index (χ4v) is 4.12. The summed E-state index contributed by atoms with van der Waals surface area (Å²) in [4.78, 5) is 11.8. The van der Waals surface area contributed by atoms with Gasteiger partial charge in [0, 0.05) is 18.5 Å². The Morgan fingerprint density at radius 1 is 1.32 bits per heavy atom. The molecule has 0 aliphatic heterocycles. The molecule has 0 bridgehead atoms. The lowest BCUT2D eigenvalue weighted by Gasteiger charge is -2.14. The van der Waals surface area contributed by atoms with Crippen molar-refractivity contribution in [2.75, 3.05) is 13.1 Å². The molecule has 0 heterocycles. The van der Waals surface area contributed by atoms with Crippen LogP contribution >= 0.6 is 0 Å². The Labute approximate surface area is 131 Å². The highest BCUT2D eigenvalue weighted by atomic mass is 16.3.